The predicted octanol–water partition coefficient (Wildman–Crippen LogP) is 1.88. The van der Waals surface area contributed by atoms with Crippen LogP contribution in [0.25, 0.3) is 0 Å². The monoisotopic (exact) mass is 161 g/mol. The number of halogens is 1. The number of terminal acetylenes is 1. The minimum Gasteiger partial charge on any atom is -0.279 e. The van der Waals surface area contributed by atoms with Gasteiger partial charge in [0.1, 0.15) is 11.5 Å². The molecular weight excluding hydrogens is 153 g/mol. The highest BCUT2D eigenvalue weighted by molar-refractivity contribution is 6.12. The van der Waals surface area contributed by atoms with Crippen molar-refractivity contribution in [2.75, 3.05) is 7.05 Å². The van der Waals surface area contributed by atoms with Gasteiger partial charge in [0.2, 0.25) is 0 Å². The van der Waals surface area contributed by atoms with Gasteiger partial charge in [-0.05, 0) is 24.3 Å². The van der Waals surface area contributed by atoms with Gasteiger partial charge in [0.05, 0.1) is 0 Å². The summed E-state index contributed by atoms with van der Waals surface area (Å²) in [7, 11) is 1.61. The number of nitrogens with zero attached hydrogens (tertiary/aromatic N) is 1. The maximum absolute atomic E-state index is 12.5. The first kappa shape index (κ1) is 8.48. The van der Waals surface area contributed by atoms with Gasteiger partial charge in [-0.25, -0.2) is 4.39 Å². The van der Waals surface area contributed by atoms with Crippen molar-refractivity contribution in [2.24, 2.45) is 4.99 Å². The molecule has 0 aliphatic heterocycles. The van der Waals surface area contributed by atoms with Crippen molar-refractivity contribution in [3.05, 3.63) is 35.6 Å². The average molecular weight is 161 g/mol. The van der Waals surface area contributed by atoms with Crippen LogP contribution in [-0.2, 0) is 0 Å². The molecule has 0 N–H and O–H groups in total. The summed E-state index contributed by atoms with van der Waals surface area (Å²) < 4.78 is 12.5. The molecule has 0 bridgehead atoms. The third-order valence-corrected chi connectivity index (χ3v) is 1.48. The first-order chi connectivity index (χ1) is 5.77. The molecule has 12 heavy (non-hydrogen) atoms. The molecule has 0 aromatic heterocycles. The van der Waals surface area contributed by atoms with E-state index in [0.29, 0.717) is 5.71 Å². The highest BCUT2D eigenvalue weighted by Crippen LogP contribution is 2.03. The Morgan fingerprint density at radius 2 is 2.00 bits per heavy atom. The van der Waals surface area contributed by atoms with Crippen LogP contribution in [0.4, 0.5) is 4.39 Å². The second kappa shape index (κ2) is 3.68. The number of hydrogen-bond acceptors (Lipinski definition) is 1. The summed E-state index contributed by atoms with van der Waals surface area (Å²) in [6, 6.07) is 5.94. The van der Waals surface area contributed by atoms with E-state index in [2.05, 4.69) is 10.9 Å². The summed E-state index contributed by atoms with van der Waals surface area (Å²) in [5, 5.41) is 0. The summed E-state index contributed by atoms with van der Waals surface area (Å²) in [6.07, 6.45) is 5.18. The number of hydrogen-bond donors (Lipinski definition) is 0. The molecule has 0 aliphatic carbocycles. The van der Waals surface area contributed by atoms with Crippen molar-refractivity contribution < 1.29 is 4.39 Å². The molecule has 0 atom stereocenters. The van der Waals surface area contributed by atoms with Crippen molar-refractivity contribution >= 4 is 5.71 Å². The first-order valence-corrected chi connectivity index (χ1v) is 3.47. The zero-order chi connectivity index (χ0) is 8.97. The Bertz CT molecular complexity index is 330. The number of aliphatic imine (C=N–C) groups is 1. The van der Waals surface area contributed by atoms with Crippen molar-refractivity contribution in [2.45, 2.75) is 0 Å². The second-order valence-electron chi connectivity index (χ2n) is 2.22. The highest BCUT2D eigenvalue weighted by Gasteiger charge is 1.97. The molecule has 1 aromatic carbocycles. The molecule has 0 heterocycles. The molecule has 0 spiro atoms. The van der Waals surface area contributed by atoms with Crippen molar-refractivity contribution in [3.8, 4) is 12.3 Å². The molecule has 1 rings (SSSR count). The van der Waals surface area contributed by atoms with E-state index in [0.717, 1.165) is 5.56 Å². The lowest BCUT2D eigenvalue weighted by atomic mass is 10.1. The Morgan fingerprint density at radius 3 is 2.42 bits per heavy atom. The molecule has 0 unspecified atom stereocenters. The van der Waals surface area contributed by atoms with E-state index in [4.69, 9.17) is 6.42 Å². The van der Waals surface area contributed by atoms with E-state index >= 15 is 0 Å². The van der Waals surface area contributed by atoms with Gasteiger partial charge in [-0.2, -0.15) is 0 Å². The van der Waals surface area contributed by atoms with Gasteiger partial charge in [-0.3, -0.25) is 4.99 Å². The first-order valence-electron chi connectivity index (χ1n) is 3.47. The zero-order valence-corrected chi connectivity index (χ0v) is 6.71. The predicted molar refractivity (Wildman–Crippen MR) is 47.7 cm³/mol. The lowest BCUT2D eigenvalue weighted by Gasteiger charge is -1.96. The highest BCUT2D eigenvalue weighted by atomic mass is 19.1. The molecule has 0 saturated heterocycles. The van der Waals surface area contributed by atoms with Gasteiger partial charge in [-0.1, -0.05) is 5.92 Å². The molecule has 0 amide bonds. The zero-order valence-electron chi connectivity index (χ0n) is 6.71. The van der Waals surface area contributed by atoms with Gasteiger partial charge in [0.15, 0.2) is 0 Å². The van der Waals surface area contributed by atoms with E-state index in [1.165, 1.54) is 12.1 Å². The van der Waals surface area contributed by atoms with Crippen molar-refractivity contribution in [1.29, 1.82) is 0 Å². The van der Waals surface area contributed by atoms with Crippen LogP contribution in [-0.4, -0.2) is 12.8 Å². The van der Waals surface area contributed by atoms with E-state index in [1.54, 1.807) is 19.2 Å². The van der Waals surface area contributed by atoms with Gasteiger partial charge in [0, 0.05) is 12.6 Å². The third kappa shape index (κ3) is 1.70. The Morgan fingerprint density at radius 1 is 1.42 bits per heavy atom. The summed E-state index contributed by atoms with van der Waals surface area (Å²) >= 11 is 0. The largest absolute Gasteiger partial charge is 0.279 e. The quantitative estimate of drug-likeness (QED) is 0.440. The van der Waals surface area contributed by atoms with E-state index < -0.39 is 0 Å². The molecule has 0 aliphatic rings. The topological polar surface area (TPSA) is 12.4 Å². The summed E-state index contributed by atoms with van der Waals surface area (Å²) in [4.78, 5) is 3.86. The lowest BCUT2D eigenvalue weighted by molar-refractivity contribution is 0.628. The van der Waals surface area contributed by atoms with Crippen LogP contribution in [0.15, 0.2) is 29.3 Å². The normalized spacial score (nSPS) is 10.9. The maximum Gasteiger partial charge on any atom is 0.123 e. The fourth-order valence-electron chi connectivity index (χ4n) is 0.885. The standard InChI is InChI=1S/C10H8FN/c1-3-10(12-2)8-4-6-9(11)7-5-8/h1,4-7H,2H3. The van der Waals surface area contributed by atoms with Crippen LogP contribution in [0.5, 0.6) is 0 Å². The fraction of sp³-hybridized carbons (Fsp3) is 0.100. The molecule has 2 heteroatoms. The fourth-order valence-corrected chi connectivity index (χ4v) is 0.885. The maximum atomic E-state index is 12.5. The average Bonchev–Trinajstić information content (AvgIpc) is 2.10. The molecule has 1 nitrogen and oxygen atoms in total. The van der Waals surface area contributed by atoms with Crippen LogP contribution in [0.1, 0.15) is 5.56 Å². The van der Waals surface area contributed by atoms with Gasteiger partial charge in [0.25, 0.3) is 0 Å². The third-order valence-electron chi connectivity index (χ3n) is 1.48. The van der Waals surface area contributed by atoms with Crippen LogP contribution in [0, 0.1) is 18.2 Å². The molecule has 60 valence electrons. The second-order valence-corrected chi connectivity index (χ2v) is 2.22. The van der Waals surface area contributed by atoms with Crippen molar-refractivity contribution in [1.82, 2.24) is 0 Å². The Balaban J connectivity index is 3.06. The van der Waals surface area contributed by atoms with Crippen LogP contribution in [0.3, 0.4) is 0 Å². The SMILES string of the molecule is C#CC(=NC)c1ccc(F)cc1. The van der Waals surface area contributed by atoms with Crippen molar-refractivity contribution in [3.63, 3.8) is 0 Å². The minimum atomic E-state index is -0.272. The molecule has 1 aromatic rings. The number of rotatable bonds is 1. The lowest BCUT2D eigenvalue weighted by Crippen LogP contribution is -1.96. The van der Waals surface area contributed by atoms with E-state index in [-0.39, 0.29) is 5.82 Å². The Labute approximate surface area is 71.0 Å². The van der Waals surface area contributed by atoms with Gasteiger partial charge in [-0.15, -0.1) is 6.42 Å². The Hall–Kier alpha value is -1.62. The number of benzene rings is 1. The molecule has 0 saturated carbocycles. The molecular formula is C10H8FN. The van der Waals surface area contributed by atoms with Crippen LogP contribution in [0.2, 0.25) is 0 Å². The Kier molecular flexibility index (Phi) is 2.60. The van der Waals surface area contributed by atoms with E-state index in [1.807, 2.05) is 0 Å². The molecule has 0 radical (unpaired) electrons. The van der Waals surface area contributed by atoms with Gasteiger partial charge >= 0.3 is 0 Å². The summed E-state index contributed by atoms with van der Waals surface area (Å²) in [6.45, 7) is 0. The van der Waals surface area contributed by atoms with Crippen LogP contribution < -0.4 is 0 Å². The summed E-state index contributed by atoms with van der Waals surface area (Å²) in [5.41, 5.74) is 1.30. The minimum absolute atomic E-state index is 0.272. The van der Waals surface area contributed by atoms with Gasteiger partial charge < -0.3 is 0 Å². The molecule has 0 fully saturated rings. The smallest absolute Gasteiger partial charge is 0.123 e. The van der Waals surface area contributed by atoms with E-state index in [9.17, 15) is 4.39 Å². The van der Waals surface area contributed by atoms with Crippen LogP contribution >= 0.6 is 0 Å². The summed E-state index contributed by atoms with van der Waals surface area (Å²) in [5.74, 6) is 2.14.